The molecule has 3 fully saturated rings. The van der Waals surface area contributed by atoms with E-state index in [1.165, 1.54) is 12.8 Å². The fourth-order valence-corrected chi connectivity index (χ4v) is 5.55. The summed E-state index contributed by atoms with van der Waals surface area (Å²) in [6.45, 7) is 4.03. The van der Waals surface area contributed by atoms with Gasteiger partial charge in [0.05, 0.1) is 0 Å². The van der Waals surface area contributed by atoms with Crippen LogP contribution in [0.1, 0.15) is 36.0 Å². The predicted molar refractivity (Wildman–Crippen MR) is 105 cm³/mol. The average Bonchev–Trinajstić information content (AvgIpc) is 3.35. The second-order valence-electron chi connectivity index (χ2n) is 9.05. The number of nitrogens with zero attached hydrogens (tertiary/aromatic N) is 3. The van der Waals surface area contributed by atoms with Crippen LogP contribution in [0.3, 0.4) is 0 Å². The van der Waals surface area contributed by atoms with Gasteiger partial charge in [-0.15, -0.1) is 0 Å². The lowest BCUT2D eigenvalue weighted by atomic mass is 9.80. The van der Waals surface area contributed by atoms with Crippen LogP contribution in [0.15, 0.2) is 30.3 Å². The average molecular weight is 370 g/mol. The van der Waals surface area contributed by atoms with Crippen LogP contribution < -0.4 is 0 Å². The Hall–Kier alpha value is -1.88. The van der Waals surface area contributed by atoms with Gasteiger partial charge in [-0.05, 0) is 39.1 Å². The van der Waals surface area contributed by atoms with E-state index in [0.29, 0.717) is 11.8 Å². The minimum atomic E-state index is 0.00219. The van der Waals surface area contributed by atoms with Gasteiger partial charge < -0.3 is 14.7 Å². The number of likely N-dealkylation sites (tertiary alicyclic amines) is 2. The van der Waals surface area contributed by atoms with Crippen molar-refractivity contribution < 1.29 is 9.59 Å². The number of amides is 2. The van der Waals surface area contributed by atoms with Gasteiger partial charge in [0.1, 0.15) is 0 Å². The van der Waals surface area contributed by atoms with E-state index in [4.69, 9.17) is 0 Å². The summed E-state index contributed by atoms with van der Waals surface area (Å²) in [5.41, 5.74) is 0.763. The van der Waals surface area contributed by atoms with Gasteiger partial charge >= 0.3 is 0 Å². The van der Waals surface area contributed by atoms with E-state index in [0.717, 1.165) is 51.1 Å². The van der Waals surface area contributed by atoms with E-state index in [2.05, 4.69) is 23.9 Å². The van der Waals surface area contributed by atoms with Gasteiger partial charge in [0.2, 0.25) is 5.91 Å². The highest BCUT2D eigenvalue weighted by atomic mass is 16.2. The molecule has 3 aliphatic rings. The molecule has 2 heterocycles. The first-order valence-corrected chi connectivity index (χ1v) is 10.3. The Bertz CT molecular complexity index is 699. The molecule has 1 aromatic rings. The van der Waals surface area contributed by atoms with Crippen LogP contribution in [0.4, 0.5) is 0 Å². The lowest BCUT2D eigenvalue weighted by Gasteiger charge is -2.32. The quantitative estimate of drug-likeness (QED) is 0.818. The topological polar surface area (TPSA) is 43.9 Å². The highest BCUT2D eigenvalue weighted by molar-refractivity contribution is 5.94. The summed E-state index contributed by atoms with van der Waals surface area (Å²) in [5.74, 6) is 1.10. The molecular formula is C22H31N3O2. The fraction of sp³-hybridized carbons (Fsp3) is 0.636. The number of hydrogen-bond acceptors (Lipinski definition) is 3. The maximum Gasteiger partial charge on any atom is 0.253 e. The van der Waals surface area contributed by atoms with Crippen LogP contribution >= 0.6 is 0 Å². The maximum atomic E-state index is 13.0. The molecule has 146 valence electrons. The molecule has 2 atom stereocenters. The maximum absolute atomic E-state index is 13.0. The fourth-order valence-electron chi connectivity index (χ4n) is 5.55. The molecule has 4 rings (SSSR count). The number of carbonyl (C=O) groups excluding carboxylic acids is 2. The van der Waals surface area contributed by atoms with Crippen molar-refractivity contribution in [2.75, 3.05) is 46.8 Å². The zero-order chi connectivity index (χ0) is 19.0. The van der Waals surface area contributed by atoms with Gasteiger partial charge in [-0.3, -0.25) is 9.59 Å². The molecule has 2 saturated heterocycles. The Balaban J connectivity index is 1.50. The van der Waals surface area contributed by atoms with Gasteiger partial charge in [0.15, 0.2) is 0 Å². The number of carbonyl (C=O) groups is 2. The van der Waals surface area contributed by atoms with Crippen molar-refractivity contribution in [2.45, 2.75) is 25.7 Å². The molecule has 0 radical (unpaired) electrons. The lowest BCUT2D eigenvalue weighted by Crippen LogP contribution is -2.44. The van der Waals surface area contributed by atoms with E-state index in [1.54, 1.807) is 0 Å². The summed E-state index contributed by atoms with van der Waals surface area (Å²) < 4.78 is 0. The monoisotopic (exact) mass is 369 g/mol. The first-order chi connectivity index (χ1) is 13.0. The van der Waals surface area contributed by atoms with Gasteiger partial charge in [-0.2, -0.15) is 0 Å². The normalized spacial score (nSPS) is 28.2. The van der Waals surface area contributed by atoms with Crippen LogP contribution in [0, 0.1) is 17.3 Å². The summed E-state index contributed by atoms with van der Waals surface area (Å²) in [4.78, 5) is 32.3. The van der Waals surface area contributed by atoms with Gasteiger partial charge in [0.25, 0.3) is 5.91 Å². The third-order valence-corrected chi connectivity index (χ3v) is 6.71. The van der Waals surface area contributed by atoms with E-state index < -0.39 is 0 Å². The van der Waals surface area contributed by atoms with Gasteiger partial charge in [0, 0.05) is 55.5 Å². The summed E-state index contributed by atoms with van der Waals surface area (Å²) in [6, 6.07) is 9.56. The molecule has 5 nitrogen and oxygen atoms in total. The van der Waals surface area contributed by atoms with E-state index in [9.17, 15) is 9.59 Å². The molecule has 0 unspecified atom stereocenters. The zero-order valence-electron chi connectivity index (χ0n) is 16.6. The molecule has 27 heavy (non-hydrogen) atoms. The summed E-state index contributed by atoms with van der Waals surface area (Å²) in [6.07, 6.45) is 4.49. The van der Waals surface area contributed by atoms with Crippen LogP contribution in [-0.2, 0) is 4.79 Å². The summed E-state index contributed by atoms with van der Waals surface area (Å²) in [7, 11) is 4.18. The van der Waals surface area contributed by atoms with Crippen molar-refractivity contribution in [3.8, 4) is 0 Å². The Labute approximate surface area is 162 Å². The van der Waals surface area contributed by atoms with Crippen LogP contribution in [-0.4, -0.2) is 73.3 Å². The third kappa shape index (κ3) is 3.49. The standard InChI is InChI=1S/C22H31N3O2/c1-23(2)14-22-15-24(20(26)17-8-4-3-5-9-17)12-19(22)13-25(16-22)21(27)18-10-6-7-11-18/h3-5,8-9,18-19H,6-7,10-16H2,1-2H3/t19-,22+/m1/s1. The third-order valence-electron chi connectivity index (χ3n) is 6.71. The molecular weight excluding hydrogens is 338 g/mol. The molecule has 0 spiro atoms. The first kappa shape index (κ1) is 18.5. The van der Waals surface area contributed by atoms with Crippen LogP contribution in [0.5, 0.6) is 0 Å². The highest BCUT2D eigenvalue weighted by Crippen LogP contribution is 2.44. The Morgan fingerprint density at radius 3 is 2.33 bits per heavy atom. The van der Waals surface area contributed by atoms with Crippen molar-refractivity contribution in [1.82, 2.24) is 14.7 Å². The molecule has 2 amide bonds. The van der Waals surface area contributed by atoms with Crippen molar-refractivity contribution in [3.05, 3.63) is 35.9 Å². The Kier molecular flexibility index (Phi) is 4.97. The van der Waals surface area contributed by atoms with Gasteiger partial charge in [-0.1, -0.05) is 31.0 Å². The van der Waals surface area contributed by atoms with Crippen molar-refractivity contribution in [2.24, 2.45) is 17.3 Å². The summed E-state index contributed by atoms with van der Waals surface area (Å²) in [5, 5.41) is 0. The van der Waals surface area contributed by atoms with E-state index in [1.807, 2.05) is 35.2 Å². The van der Waals surface area contributed by atoms with E-state index >= 15 is 0 Å². The zero-order valence-corrected chi connectivity index (χ0v) is 16.6. The highest BCUT2D eigenvalue weighted by Gasteiger charge is 2.55. The molecule has 0 N–H and O–H groups in total. The second-order valence-corrected chi connectivity index (χ2v) is 9.05. The molecule has 1 aliphatic carbocycles. The van der Waals surface area contributed by atoms with Crippen molar-refractivity contribution in [1.29, 1.82) is 0 Å². The Morgan fingerprint density at radius 2 is 1.67 bits per heavy atom. The largest absolute Gasteiger partial charge is 0.341 e. The van der Waals surface area contributed by atoms with Gasteiger partial charge in [-0.25, -0.2) is 0 Å². The van der Waals surface area contributed by atoms with Crippen molar-refractivity contribution in [3.63, 3.8) is 0 Å². The van der Waals surface area contributed by atoms with Crippen LogP contribution in [0.2, 0.25) is 0 Å². The van der Waals surface area contributed by atoms with Crippen LogP contribution in [0.25, 0.3) is 0 Å². The summed E-state index contributed by atoms with van der Waals surface area (Å²) >= 11 is 0. The van der Waals surface area contributed by atoms with Crippen molar-refractivity contribution >= 4 is 11.8 Å². The minimum absolute atomic E-state index is 0.00219. The number of fused-ring (bicyclic) bond motifs is 1. The molecule has 0 aromatic heterocycles. The molecule has 5 heteroatoms. The number of hydrogen-bond donors (Lipinski definition) is 0. The van der Waals surface area contributed by atoms with E-state index in [-0.39, 0.29) is 17.2 Å². The minimum Gasteiger partial charge on any atom is -0.341 e. The smallest absolute Gasteiger partial charge is 0.253 e. The lowest BCUT2D eigenvalue weighted by molar-refractivity contribution is -0.134. The SMILES string of the molecule is CN(C)C[C@@]12CN(C(=O)c3ccccc3)C[C@@H]1CN(C(=O)C1CCCC1)C2. The molecule has 0 bridgehead atoms. The molecule has 1 saturated carbocycles. The second kappa shape index (κ2) is 7.27. The molecule has 2 aliphatic heterocycles. The Morgan fingerprint density at radius 1 is 1.04 bits per heavy atom. The number of benzene rings is 1. The number of rotatable bonds is 4. The first-order valence-electron chi connectivity index (χ1n) is 10.3. The molecule has 1 aromatic carbocycles. The predicted octanol–water partition coefficient (Wildman–Crippen LogP) is 2.34.